The van der Waals surface area contributed by atoms with Crippen LogP contribution in [0.15, 0.2) is 24.3 Å². The van der Waals surface area contributed by atoms with Gasteiger partial charge in [-0.1, -0.05) is 19.1 Å². The van der Waals surface area contributed by atoms with Crippen molar-refractivity contribution < 1.29 is 18.0 Å². The molecule has 2 rings (SSSR count). The number of hydrogen-bond donors (Lipinski definition) is 1. The second-order valence-electron chi connectivity index (χ2n) is 6.47. The zero-order chi connectivity index (χ0) is 18.4. The minimum Gasteiger partial charge on any atom is -0.355 e. The number of hydrogen-bond acceptors (Lipinski definition) is 3. The van der Waals surface area contributed by atoms with Gasteiger partial charge >= 0.3 is 6.18 Å². The fourth-order valence-electron chi connectivity index (χ4n) is 2.93. The number of amides is 1. The van der Waals surface area contributed by atoms with Gasteiger partial charge in [0.2, 0.25) is 5.91 Å². The highest BCUT2D eigenvalue weighted by Gasteiger charge is 2.30. The molecule has 1 saturated heterocycles. The fourth-order valence-corrected chi connectivity index (χ4v) is 2.93. The summed E-state index contributed by atoms with van der Waals surface area (Å²) in [4.78, 5) is 16.4. The molecule has 1 fully saturated rings. The van der Waals surface area contributed by atoms with Gasteiger partial charge in [0, 0.05) is 39.3 Å². The van der Waals surface area contributed by atoms with Gasteiger partial charge in [-0.2, -0.15) is 13.2 Å². The van der Waals surface area contributed by atoms with Crippen LogP contribution in [-0.4, -0.2) is 54.5 Å². The molecule has 0 radical (unpaired) electrons. The average Bonchev–Trinajstić information content (AvgIpc) is 2.59. The maximum Gasteiger partial charge on any atom is 0.416 e. The van der Waals surface area contributed by atoms with Crippen molar-refractivity contribution in [3.63, 3.8) is 0 Å². The van der Waals surface area contributed by atoms with Crippen LogP contribution in [0.1, 0.15) is 31.4 Å². The minimum absolute atomic E-state index is 0.0537. The number of benzene rings is 1. The van der Waals surface area contributed by atoms with Crippen molar-refractivity contribution in [3.05, 3.63) is 35.4 Å². The summed E-state index contributed by atoms with van der Waals surface area (Å²) in [6.45, 7) is 8.41. The Kier molecular flexibility index (Phi) is 6.84. The third-order valence-corrected chi connectivity index (χ3v) is 4.57. The van der Waals surface area contributed by atoms with Gasteiger partial charge in [-0.15, -0.1) is 0 Å². The van der Waals surface area contributed by atoms with E-state index in [1.807, 2.05) is 13.8 Å². The quantitative estimate of drug-likeness (QED) is 0.850. The molecular formula is C18H26F3N3O. The number of carbonyl (C=O) groups is 1. The van der Waals surface area contributed by atoms with Gasteiger partial charge in [0.1, 0.15) is 0 Å². The summed E-state index contributed by atoms with van der Waals surface area (Å²) in [7, 11) is 0. The van der Waals surface area contributed by atoms with E-state index in [0.717, 1.165) is 50.3 Å². The Bertz CT molecular complexity index is 552. The summed E-state index contributed by atoms with van der Waals surface area (Å²) in [5.41, 5.74) is 0.253. The van der Waals surface area contributed by atoms with E-state index >= 15 is 0 Å². The van der Waals surface area contributed by atoms with Gasteiger partial charge in [0.25, 0.3) is 0 Å². The first-order valence-corrected chi connectivity index (χ1v) is 8.71. The molecule has 0 aromatic heterocycles. The highest BCUT2D eigenvalue weighted by molar-refractivity contribution is 5.81. The monoisotopic (exact) mass is 357 g/mol. The molecule has 1 aliphatic heterocycles. The van der Waals surface area contributed by atoms with E-state index in [4.69, 9.17) is 0 Å². The lowest BCUT2D eigenvalue weighted by Crippen LogP contribution is -2.53. The minimum atomic E-state index is -4.29. The van der Waals surface area contributed by atoms with Crippen LogP contribution in [-0.2, 0) is 17.5 Å². The number of carbonyl (C=O) groups excluding carboxylic acids is 1. The molecule has 140 valence electrons. The van der Waals surface area contributed by atoms with Crippen LogP contribution in [0.5, 0.6) is 0 Å². The van der Waals surface area contributed by atoms with E-state index in [9.17, 15) is 18.0 Å². The lowest BCUT2D eigenvalue weighted by atomic mass is 10.1. The van der Waals surface area contributed by atoms with E-state index in [2.05, 4.69) is 15.1 Å². The largest absolute Gasteiger partial charge is 0.416 e. The number of piperazine rings is 1. The van der Waals surface area contributed by atoms with Crippen LogP contribution < -0.4 is 5.32 Å². The van der Waals surface area contributed by atoms with E-state index in [1.54, 1.807) is 0 Å². The molecule has 1 N–H and O–H groups in total. The molecule has 0 aliphatic carbocycles. The predicted molar refractivity (Wildman–Crippen MR) is 91.1 cm³/mol. The van der Waals surface area contributed by atoms with Crippen molar-refractivity contribution in [2.75, 3.05) is 32.7 Å². The van der Waals surface area contributed by atoms with Crippen molar-refractivity contribution in [3.8, 4) is 0 Å². The second-order valence-corrected chi connectivity index (χ2v) is 6.47. The van der Waals surface area contributed by atoms with Crippen molar-refractivity contribution >= 4 is 5.91 Å². The summed E-state index contributed by atoms with van der Waals surface area (Å²) < 4.78 is 37.8. The maximum atomic E-state index is 12.6. The Morgan fingerprint density at radius 1 is 1.16 bits per heavy atom. The molecule has 0 spiro atoms. The summed E-state index contributed by atoms with van der Waals surface area (Å²) >= 11 is 0. The maximum absolute atomic E-state index is 12.6. The first-order valence-electron chi connectivity index (χ1n) is 8.71. The number of nitrogens with zero attached hydrogens (tertiary/aromatic N) is 2. The van der Waals surface area contributed by atoms with Crippen LogP contribution in [0.2, 0.25) is 0 Å². The van der Waals surface area contributed by atoms with E-state index in [0.29, 0.717) is 13.1 Å². The first-order chi connectivity index (χ1) is 11.8. The lowest BCUT2D eigenvalue weighted by molar-refractivity contribution is -0.137. The zero-order valence-electron chi connectivity index (χ0n) is 14.8. The van der Waals surface area contributed by atoms with E-state index < -0.39 is 11.7 Å². The van der Waals surface area contributed by atoms with Crippen LogP contribution >= 0.6 is 0 Å². The molecule has 0 bridgehead atoms. The van der Waals surface area contributed by atoms with Crippen LogP contribution in [0.3, 0.4) is 0 Å². The fraction of sp³-hybridized carbons (Fsp3) is 0.611. The van der Waals surface area contributed by atoms with Crippen LogP contribution in [0.25, 0.3) is 0 Å². The molecule has 4 nitrogen and oxygen atoms in total. The van der Waals surface area contributed by atoms with Crippen molar-refractivity contribution in [1.82, 2.24) is 15.1 Å². The molecule has 1 unspecified atom stereocenters. The first kappa shape index (κ1) is 19.7. The molecule has 1 aliphatic rings. The Morgan fingerprint density at radius 3 is 2.28 bits per heavy atom. The van der Waals surface area contributed by atoms with Gasteiger partial charge in [-0.05, 0) is 31.0 Å². The summed E-state index contributed by atoms with van der Waals surface area (Å²) in [6.07, 6.45) is -3.38. The summed E-state index contributed by atoms with van der Waals surface area (Å²) in [5, 5.41) is 2.91. The molecule has 7 heteroatoms. The lowest BCUT2D eigenvalue weighted by Gasteiger charge is -2.37. The molecule has 1 atom stereocenters. The number of halogens is 3. The molecule has 1 aromatic rings. The molecule has 1 aromatic carbocycles. The zero-order valence-corrected chi connectivity index (χ0v) is 14.8. The van der Waals surface area contributed by atoms with Gasteiger partial charge in [0.15, 0.2) is 0 Å². The van der Waals surface area contributed by atoms with Gasteiger partial charge in [-0.3, -0.25) is 14.6 Å². The highest BCUT2D eigenvalue weighted by atomic mass is 19.4. The van der Waals surface area contributed by atoms with E-state index in [-0.39, 0.29) is 11.9 Å². The third kappa shape index (κ3) is 5.71. The van der Waals surface area contributed by atoms with Crippen molar-refractivity contribution in [2.24, 2.45) is 0 Å². The van der Waals surface area contributed by atoms with Gasteiger partial charge < -0.3 is 5.32 Å². The second kappa shape index (κ2) is 8.67. The normalized spacial score (nSPS) is 18.1. The van der Waals surface area contributed by atoms with Crippen molar-refractivity contribution in [1.29, 1.82) is 0 Å². The van der Waals surface area contributed by atoms with Gasteiger partial charge in [-0.25, -0.2) is 0 Å². The molecule has 1 amide bonds. The molecule has 25 heavy (non-hydrogen) atoms. The third-order valence-electron chi connectivity index (χ3n) is 4.57. The van der Waals surface area contributed by atoms with Gasteiger partial charge in [0.05, 0.1) is 11.6 Å². The molecule has 1 heterocycles. The summed E-state index contributed by atoms with van der Waals surface area (Å²) in [5.74, 6) is 0.0537. The Morgan fingerprint density at radius 2 is 1.76 bits per heavy atom. The van der Waals surface area contributed by atoms with E-state index in [1.165, 1.54) is 12.1 Å². The number of alkyl halides is 3. The summed E-state index contributed by atoms with van der Waals surface area (Å²) in [6, 6.07) is 5.18. The standard InChI is InChI=1S/C18H26F3N3O/c1-3-8-22-17(25)14(2)24-11-9-23(10-12-24)13-15-4-6-16(7-5-15)18(19,20)21/h4-7,14H,3,8-13H2,1-2H3,(H,22,25). The van der Waals surface area contributed by atoms with Crippen LogP contribution in [0.4, 0.5) is 13.2 Å². The van der Waals surface area contributed by atoms with Crippen molar-refractivity contribution in [2.45, 2.75) is 39.0 Å². The molecular weight excluding hydrogens is 331 g/mol. The Balaban J connectivity index is 1.81. The van der Waals surface area contributed by atoms with Crippen LogP contribution in [0, 0.1) is 0 Å². The number of nitrogens with one attached hydrogen (secondary N) is 1. The Labute approximate surface area is 147 Å². The highest BCUT2D eigenvalue weighted by Crippen LogP contribution is 2.29. The average molecular weight is 357 g/mol. The smallest absolute Gasteiger partial charge is 0.355 e. The Hall–Kier alpha value is -1.60. The molecule has 0 saturated carbocycles. The predicted octanol–water partition coefficient (Wildman–Crippen LogP) is 2.74. The SMILES string of the molecule is CCCNC(=O)C(C)N1CCN(Cc2ccc(C(F)(F)F)cc2)CC1. The number of rotatable bonds is 6. The topological polar surface area (TPSA) is 35.6 Å².